The lowest BCUT2D eigenvalue weighted by Gasteiger charge is -2.37. The average Bonchev–Trinajstić information content (AvgIpc) is 2.83. The van der Waals surface area contributed by atoms with Gasteiger partial charge >= 0.3 is 0 Å². The first kappa shape index (κ1) is 22.7. The molecular formula is C26H33NO5S. The molecule has 0 aromatic heterocycles. The summed E-state index contributed by atoms with van der Waals surface area (Å²) in [7, 11) is -3.77. The lowest BCUT2D eigenvalue weighted by molar-refractivity contribution is -0.0151. The van der Waals surface area contributed by atoms with Gasteiger partial charge in [0.25, 0.3) is 10.0 Å². The number of aryl methyl sites for hydroxylation is 1. The third kappa shape index (κ3) is 4.27. The van der Waals surface area contributed by atoms with Crippen molar-refractivity contribution >= 4 is 15.7 Å². The molecule has 0 spiro atoms. The van der Waals surface area contributed by atoms with E-state index < -0.39 is 16.1 Å². The largest absolute Gasteiger partial charge is 0.490 e. The summed E-state index contributed by atoms with van der Waals surface area (Å²) in [6, 6.07) is 11.0. The molecule has 3 unspecified atom stereocenters. The van der Waals surface area contributed by atoms with Crippen LogP contribution in [0, 0.1) is 11.8 Å². The minimum absolute atomic E-state index is 0.0681. The molecule has 178 valence electrons. The summed E-state index contributed by atoms with van der Waals surface area (Å²) >= 11 is 0. The van der Waals surface area contributed by atoms with Crippen molar-refractivity contribution < 1.29 is 23.0 Å². The van der Waals surface area contributed by atoms with Crippen LogP contribution in [0.3, 0.4) is 0 Å². The zero-order valence-corrected chi connectivity index (χ0v) is 20.2. The molecule has 6 nitrogen and oxygen atoms in total. The Bertz CT molecular complexity index is 1130. The highest BCUT2D eigenvalue weighted by atomic mass is 32.2. The minimum Gasteiger partial charge on any atom is -0.490 e. The second-order valence-corrected chi connectivity index (χ2v) is 11.6. The van der Waals surface area contributed by atoms with E-state index in [1.54, 1.807) is 22.5 Å². The standard InChI is InChI=1S/C26H33NO5S/c1-3-18-4-6-23-20(13-18)12-17(2)16-27(23)33(29,30)21-5-7-25-22(14-21)24(28)15-26(32-25)19-8-10-31-11-9-19/h4-7,13-14,17,19,24,26,28H,3,8-12,15-16H2,1-2H3. The lowest BCUT2D eigenvalue weighted by atomic mass is 9.87. The topological polar surface area (TPSA) is 76.1 Å². The number of hydrogen-bond acceptors (Lipinski definition) is 5. The number of sulfonamides is 1. The van der Waals surface area contributed by atoms with Crippen LogP contribution in [0.5, 0.6) is 5.75 Å². The van der Waals surface area contributed by atoms with Crippen LogP contribution in [0.15, 0.2) is 41.3 Å². The summed E-state index contributed by atoms with van der Waals surface area (Å²) < 4.78 is 40.7. The van der Waals surface area contributed by atoms with Gasteiger partial charge in [-0.1, -0.05) is 26.0 Å². The van der Waals surface area contributed by atoms with E-state index in [-0.39, 0.29) is 16.9 Å². The molecule has 3 heterocycles. The second kappa shape index (κ2) is 8.93. The van der Waals surface area contributed by atoms with Crippen LogP contribution in [-0.2, 0) is 27.6 Å². The number of fused-ring (bicyclic) bond motifs is 2. The van der Waals surface area contributed by atoms with Gasteiger partial charge in [-0.05, 0) is 67.0 Å². The van der Waals surface area contributed by atoms with E-state index in [9.17, 15) is 13.5 Å². The van der Waals surface area contributed by atoms with Crippen molar-refractivity contribution in [2.24, 2.45) is 11.8 Å². The van der Waals surface area contributed by atoms with Gasteiger partial charge in [0, 0.05) is 37.7 Å². The highest BCUT2D eigenvalue weighted by molar-refractivity contribution is 7.92. The molecule has 5 rings (SSSR count). The summed E-state index contributed by atoms with van der Waals surface area (Å²) in [5.74, 6) is 1.17. The van der Waals surface area contributed by atoms with Crippen LogP contribution >= 0.6 is 0 Å². The van der Waals surface area contributed by atoms with Gasteiger partial charge in [0.05, 0.1) is 16.7 Å². The smallest absolute Gasteiger partial charge is 0.264 e. The molecule has 1 fully saturated rings. The summed E-state index contributed by atoms with van der Waals surface area (Å²) in [5, 5.41) is 10.9. The summed E-state index contributed by atoms with van der Waals surface area (Å²) in [4.78, 5) is 0.202. The normalized spacial score (nSPS) is 25.8. The fourth-order valence-electron chi connectivity index (χ4n) is 5.43. The second-order valence-electron chi connectivity index (χ2n) is 9.72. The molecule has 1 saturated heterocycles. The first-order valence-corrected chi connectivity index (χ1v) is 13.5. The van der Waals surface area contributed by atoms with Crippen molar-refractivity contribution in [2.75, 3.05) is 24.1 Å². The van der Waals surface area contributed by atoms with Crippen molar-refractivity contribution in [1.82, 2.24) is 0 Å². The molecule has 3 atom stereocenters. The number of benzene rings is 2. The van der Waals surface area contributed by atoms with Gasteiger partial charge < -0.3 is 14.6 Å². The monoisotopic (exact) mass is 471 g/mol. The summed E-state index contributed by atoms with van der Waals surface area (Å²) in [6.45, 7) is 6.09. The zero-order valence-electron chi connectivity index (χ0n) is 19.4. The Balaban J connectivity index is 1.45. The number of rotatable bonds is 4. The molecule has 7 heteroatoms. The van der Waals surface area contributed by atoms with Gasteiger partial charge in [-0.15, -0.1) is 0 Å². The average molecular weight is 472 g/mol. The van der Waals surface area contributed by atoms with Crippen LogP contribution in [0.4, 0.5) is 5.69 Å². The van der Waals surface area contributed by atoms with E-state index in [2.05, 4.69) is 19.9 Å². The number of aliphatic hydroxyl groups excluding tert-OH is 1. The molecule has 33 heavy (non-hydrogen) atoms. The van der Waals surface area contributed by atoms with Gasteiger partial charge in [-0.25, -0.2) is 8.42 Å². The number of aliphatic hydroxyl groups is 1. The predicted molar refractivity (Wildman–Crippen MR) is 127 cm³/mol. The lowest BCUT2D eigenvalue weighted by Crippen LogP contribution is -2.39. The number of anilines is 1. The molecular weight excluding hydrogens is 438 g/mol. The molecule has 2 aromatic carbocycles. The first-order chi connectivity index (χ1) is 15.9. The van der Waals surface area contributed by atoms with Gasteiger partial charge in [0.1, 0.15) is 11.9 Å². The van der Waals surface area contributed by atoms with Crippen LogP contribution < -0.4 is 9.04 Å². The van der Waals surface area contributed by atoms with Gasteiger partial charge in [0.2, 0.25) is 0 Å². The van der Waals surface area contributed by atoms with E-state index in [1.165, 1.54) is 5.56 Å². The van der Waals surface area contributed by atoms with Crippen LogP contribution in [0.25, 0.3) is 0 Å². The Morgan fingerprint density at radius 2 is 1.91 bits per heavy atom. The van der Waals surface area contributed by atoms with Crippen LogP contribution in [0.2, 0.25) is 0 Å². The highest BCUT2D eigenvalue weighted by Crippen LogP contribution is 2.41. The summed E-state index contributed by atoms with van der Waals surface area (Å²) in [6.07, 6.45) is 3.31. The quantitative estimate of drug-likeness (QED) is 0.722. The fourth-order valence-corrected chi connectivity index (χ4v) is 7.09. The van der Waals surface area contributed by atoms with Crippen LogP contribution in [-0.4, -0.2) is 39.4 Å². The Morgan fingerprint density at radius 3 is 2.67 bits per heavy atom. The van der Waals surface area contributed by atoms with E-state index in [0.29, 0.717) is 30.2 Å². The van der Waals surface area contributed by atoms with Gasteiger partial charge in [0.15, 0.2) is 0 Å². The van der Waals surface area contributed by atoms with E-state index >= 15 is 0 Å². The molecule has 0 amide bonds. The SMILES string of the molecule is CCc1ccc2c(c1)CC(C)CN2S(=O)(=O)c1ccc2c(c1)C(O)CC(C1CCOCC1)O2. The molecule has 3 aliphatic rings. The molecule has 2 aromatic rings. The van der Waals surface area contributed by atoms with Gasteiger partial charge in [-0.3, -0.25) is 4.31 Å². The minimum atomic E-state index is -3.77. The molecule has 0 bridgehead atoms. The maximum atomic E-state index is 13.7. The number of ether oxygens (including phenoxy) is 2. The third-order valence-corrected chi connectivity index (χ3v) is 9.10. The maximum Gasteiger partial charge on any atom is 0.264 e. The molecule has 0 radical (unpaired) electrons. The number of nitrogens with zero attached hydrogens (tertiary/aromatic N) is 1. The molecule has 3 aliphatic heterocycles. The zero-order chi connectivity index (χ0) is 23.2. The molecule has 0 saturated carbocycles. The van der Waals surface area contributed by atoms with Crippen molar-refractivity contribution in [3.05, 3.63) is 53.1 Å². The number of hydrogen-bond donors (Lipinski definition) is 1. The van der Waals surface area contributed by atoms with Gasteiger partial charge in [-0.2, -0.15) is 0 Å². The fraction of sp³-hybridized carbons (Fsp3) is 0.538. The highest BCUT2D eigenvalue weighted by Gasteiger charge is 2.36. The first-order valence-electron chi connectivity index (χ1n) is 12.1. The van der Waals surface area contributed by atoms with Crippen molar-refractivity contribution in [2.45, 2.75) is 63.1 Å². The Labute approximate surface area is 196 Å². The van der Waals surface area contributed by atoms with Crippen molar-refractivity contribution in [3.8, 4) is 5.75 Å². The van der Waals surface area contributed by atoms with Crippen molar-refractivity contribution in [3.63, 3.8) is 0 Å². The Morgan fingerprint density at radius 1 is 1.12 bits per heavy atom. The predicted octanol–water partition coefficient (Wildman–Crippen LogP) is 4.25. The molecule has 1 N–H and O–H groups in total. The third-order valence-electron chi connectivity index (χ3n) is 7.32. The molecule has 0 aliphatic carbocycles. The van der Waals surface area contributed by atoms with Crippen molar-refractivity contribution in [1.29, 1.82) is 0 Å². The maximum absolute atomic E-state index is 13.7. The summed E-state index contributed by atoms with van der Waals surface area (Å²) in [5.41, 5.74) is 3.62. The Kier molecular flexibility index (Phi) is 6.14. The van der Waals surface area contributed by atoms with Crippen LogP contribution in [0.1, 0.15) is 55.9 Å². The van der Waals surface area contributed by atoms with E-state index in [4.69, 9.17) is 9.47 Å². The Hall–Kier alpha value is -2.09. The van der Waals surface area contributed by atoms with E-state index in [0.717, 1.165) is 50.1 Å². The van der Waals surface area contributed by atoms with E-state index in [1.807, 2.05) is 12.1 Å².